The molecule has 142 valence electrons. The first-order chi connectivity index (χ1) is 13.2. The maximum atomic E-state index is 13.1. The van der Waals surface area contributed by atoms with Gasteiger partial charge < -0.3 is 14.8 Å². The highest BCUT2D eigenvalue weighted by Gasteiger charge is 2.24. The zero-order valence-electron chi connectivity index (χ0n) is 16.4. The van der Waals surface area contributed by atoms with Crippen LogP contribution in [0.1, 0.15) is 52.9 Å². The summed E-state index contributed by atoms with van der Waals surface area (Å²) in [6.45, 7) is 8.31. The van der Waals surface area contributed by atoms with E-state index in [0.717, 1.165) is 5.56 Å². The van der Waals surface area contributed by atoms with Crippen molar-refractivity contribution < 1.29 is 14.1 Å². The lowest BCUT2D eigenvalue weighted by Gasteiger charge is -2.18. The second kappa shape index (κ2) is 7.50. The number of H-pyrrole nitrogens is 1. The number of hydrogen-bond acceptors (Lipinski definition) is 4. The van der Waals surface area contributed by atoms with E-state index in [4.69, 9.17) is 12.4 Å². The zero-order chi connectivity index (χ0) is 20.5. The number of nitrogens with zero attached hydrogens (tertiary/aromatic N) is 1. The Hall–Kier alpha value is -3.09. The van der Waals surface area contributed by atoms with E-state index in [9.17, 15) is 9.59 Å². The molecule has 0 fully saturated rings. The minimum atomic E-state index is -0.267. The third kappa shape index (κ3) is 4.25. The molecule has 2 radical (unpaired) electrons. The highest BCUT2D eigenvalue weighted by Crippen LogP contribution is 2.27. The number of benzene rings is 1. The smallest absolute Gasteiger partial charge is 0.267 e. The molecule has 0 spiro atoms. The number of amides is 1. The fourth-order valence-electron chi connectivity index (χ4n) is 2.72. The topological polar surface area (TPSA) is 88.0 Å². The second-order valence-electron chi connectivity index (χ2n) is 7.96. The van der Waals surface area contributed by atoms with Crippen molar-refractivity contribution in [1.82, 2.24) is 15.5 Å². The molecular formula is C21H22BN3O3. The first kappa shape index (κ1) is 19.7. The van der Waals surface area contributed by atoms with Gasteiger partial charge in [0.05, 0.1) is 5.56 Å². The molecule has 0 atom stereocenters. The van der Waals surface area contributed by atoms with Crippen molar-refractivity contribution in [3.63, 3.8) is 0 Å². The third-order valence-corrected chi connectivity index (χ3v) is 4.24. The molecule has 1 amide bonds. The van der Waals surface area contributed by atoms with Crippen molar-refractivity contribution in [3.05, 3.63) is 59.1 Å². The summed E-state index contributed by atoms with van der Waals surface area (Å²) in [4.78, 5) is 28.2. The summed E-state index contributed by atoms with van der Waals surface area (Å²) in [5, 5.41) is 6.89. The normalized spacial score (nSPS) is 11.4. The van der Waals surface area contributed by atoms with E-state index in [0.29, 0.717) is 40.3 Å². The van der Waals surface area contributed by atoms with Gasteiger partial charge in [-0.05, 0) is 18.4 Å². The van der Waals surface area contributed by atoms with Gasteiger partial charge >= 0.3 is 0 Å². The van der Waals surface area contributed by atoms with E-state index in [-0.39, 0.29) is 17.1 Å². The summed E-state index contributed by atoms with van der Waals surface area (Å²) in [5.41, 5.74) is 2.82. The molecule has 3 rings (SSSR count). The molecule has 0 aliphatic carbocycles. The summed E-state index contributed by atoms with van der Waals surface area (Å²) in [7, 11) is 5.73. The van der Waals surface area contributed by atoms with Gasteiger partial charge in [-0.15, -0.1) is 0 Å². The predicted octanol–water partition coefficient (Wildman–Crippen LogP) is 2.78. The molecule has 0 bridgehead atoms. The Morgan fingerprint density at radius 3 is 2.54 bits per heavy atom. The van der Waals surface area contributed by atoms with E-state index in [1.165, 1.54) is 6.20 Å². The molecule has 2 heterocycles. The Bertz CT molecular complexity index is 1010. The quantitative estimate of drug-likeness (QED) is 0.530. The van der Waals surface area contributed by atoms with Crippen molar-refractivity contribution in [1.29, 1.82) is 0 Å². The average molecular weight is 375 g/mol. The van der Waals surface area contributed by atoms with Crippen molar-refractivity contribution in [3.8, 4) is 11.3 Å². The number of carbonyl (C=O) groups excluding carboxylic acids is 2. The van der Waals surface area contributed by atoms with Crippen LogP contribution < -0.4 is 10.8 Å². The third-order valence-electron chi connectivity index (χ3n) is 4.24. The number of carbonyl (C=O) groups is 2. The Kier molecular flexibility index (Phi) is 5.27. The van der Waals surface area contributed by atoms with Gasteiger partial charge in [0.15, 0.2) is 5.78 Å². The van der Waals surface area contributed by atoms with Crippen molar-refractivity contribution in [2.45, 2.75) is 27.7 Å². The van der Waals surface area contributed by atoms with Crippen LogP contribution in [0.3, 0.4) is 0 Å². The van der Waals surface area contributed by atoms with E-state index < -0.39 is 0 Å². The van der Waals surface area contributed by atoms with Crippen LogP contribution in [0.4, 0.5) is 0 Å². The van der Waals surface area contributed by atoms with Crippen molar-refractivity contribution in [2.24, 2.45) is 5.41 Å². The summed E-state index contributed by atoms with van der Waals surface area (Å²) in [6.07, 6.45) is 1.52. The molecular weight excluding hydrogens is 353 g/mol. The minimum absolute atomic E-state index is 0.0333. The van der Waals surface area contributed by atoms with Crippen LogP contribution in [0, 0.1) is 12.3 Å². The summed E-state index contributed by atoms with van der Waals surface area (Å²) in [5.74, 6) is -0.108. The van der Waals surface area contributed by atoms with Crippen molar-refractivity contribution in [2.75, 3.05) is 6.54 Å². The van der Waals surface area contributed by atoms with Crippen LogP contribution in [-0.4, -0.2) is 36.2 Å². The number of rotatable bonds is 5. The van der Waals surface area contributed by atoms with E-state index >= 15 is 0 Å². The summed E-state index contributed by atoms with van der Waals surface area (Å²) < 4.78 is 5.26. The monoisotopic (exact) mass is 375 g/mol. The van der Waals surface area contributed by atoms with Crippen molar-refractivity contribution >= 4 is 25.0 Å². The maximum absolute atomic E-state index is 13.1. The molecule has 6 nitrogen and oxygen atoms in total. The van der Waals surface area contributed by atoms with Crippen LogP contribution in [0.2, 0.25) is 0 Å². The Morgan fingerprint density at radius 2 is 1.89 bits per heavy atom. The van der Waals surface area contributed by atoms with Crippen LogP contribution in [0.25, 0.3) is 11.3 Å². The molecule has 28 heavy (non-hydrogen) atoms. The van der Waals surface area contributed by atoms with Gasteiger partial charge in [-0.2, -0.15) is 0 Å². The van der Waals surface area contributed by atoms with Crippen LogP contribution >= 0.6 is 0 Å². The Morgan fingerprint density at radius 1 is 1.21 bits per heavy atom. The number of aromatic amines is 1. The molecule has 2 aromatic heterocycles. The molecule has 3 aromatic rings. The average Bonchev–Trinajstić information content (AvgIpc) is 3.26. The van der Waals surface area contributed by atoms with E-state index in [2.05, 4.69) is 15.5 Å². The molecule has 0 aliphatic heterocycles. The van der Waals surface area contributed by atoms with Crippen LogP contribution in [0.15, 0.2) is 41.1 Å². The second-order valence-corrected chi connectivity index (χ2v) is 7.96. The first-order valence-electron chi connectivity index (χ1n) is 8.99. The Balaban J connectivity index is 1.86. The summed E-state index contributed by atoms with van der Waals surface area (Å²) >= 11 is 0. The lowest BCUT2D eigenvalue weighted by atomic mass is 9.93. The van der Waals surface area contributed by atoms with Gasteiger partial charge in [0, 0.05) is 23.9 Å². The van der Waals surface area contributed by atoms with E-state index in [1.807, 2.05) is 20.8 Å². The van der Waals surface area contributed by atoms with Gasteiger partial charge in [-0.3, -0.25) is 9.59 Å². The standard InChI is InChI=1S/C21H22BN3O3/c1-12-17(18(25-28-12)13-5-7-15(22)8-6-13)19(26)14-9-16(23-10-14)20(27)24-11-21(2,3)4/h5-10,23H,11H2,1-4H3,(H,24,27). The van der Waals surface area contributed by atoms with Gasteiger partial charge in [-0.1, -0.05) is 55.7 Å². The van der Waals surface area contributed by atoms with Crippen LogP contribution in [-0.2, 0) is 0 Å². The highest BCUT2D eigenvalue weighted by molar-refractivity contribution is 6.32. The highest BCUT2D eigenvalue weighted by atomic mass is 16.5. The molecule has 0 unspecified atom stereocenters. The minimum Gasteiger partial charge on any atom is -0.360 e. The lowest BCUT2D eigenvalue weighted by molar-refractivity contribution is 0.0935. The number of aryl methyl sites for hydroxylation is 1. The van der Waals surface area contributed by atoms with Gasteiger partial charge in [0.1, 0.15) is 25.0 Å². The number of ketones is 1. The van der Waals surface area contributed by atoms with Gasteiger partial charge in [0.25, 0.3) is 5.91 Å². The zero-order valence-corrected chi connectivity index (χ0v) is 16.4. The lowest BCUT2D eigenvalue weighted by Crippen LogP contribution is -2.32. The Labute approximate surface area is 165 Å². The number of aromatic nitrogens is 2. The fraction of sp³-hybridized carbons (Fsp3) is 0.286. The summed E-state index contributed by atoms with van der Waals surface area (Å²) in [6, 6.07) is 8.58. The van der Waals surface area contributed by atoms with E-state index in [1.54, 1.807) is 37.3 Å². The fourth-order valence-corrected chi connectivity index (χ4v) is 2.72. The predicted molar refractivity (Wildman–Crippen MR) is 108 cm³/mol. The molecule has 0 saturated carbocycles. The SMILES string of the molecule is [B]c1ccc(-c2noc(C)c2C(=O)c2c[nH]c(C(=O)NCC(C)(C)C)c2)cc1. The number of hydrogen-bond donors (Lipinski definition) is 2. The number of nitrogens with one attached hydrogen (secondary N) is 2. The van der Waals surface area contributed by atoms with Crippen LogP contribution in [0.5, 0.6) is 0 Å². The molecule has 0 saturated heterocycles. The van der Waals surface area contributed by atoms with Gasteiger partial charge in [-0.25, -0.2) is 0 Å². The molecule has 7 heteroatoms. The maximum Gasteiger partial charge on any atom is 0.267 e. The van der Waals surface area contributed by atoms with Gasteiger partial charge in [0.2, 0.25) is 0 Å². The molecule has 0 aliphatic rings. The first-order valence-corrected chi connectivity index (χ1v) is 8.99. The molecule has 1 aromatic carbocycles. The molecule has 2 N–H and O–H groups in total. The largest absolute Gasteiger partial charge is 0.360 e.